The monoisotopic (exact) mass is 450 g/mol. The van der Waals surface area contributed by atoms with Crippen molar-refractivity contribution in [3.8, 4) is 0 Å². The highest BCUT2D eigenvalue weighted by Crippen LogP contribution is 2.52. The van der Waals surface area contributed by atoms with Crippen LogP contribution in [-0.4, -0.2) is 3.92 Å². The third-order valence-electron chi connectivity index (χ3n) is 8.74. The molecule has 0 aromatic heterocycles. The van der Waals surface area contributed by atoms with Crippen LogP contribution in [0.1, 0.15) is 83.5 Å². The lowest BCUT2D eigenvalue weighted by atomic mass is 9.60. The molecular formula is C24H35I. The lowest BCUT2D eigenvalue weighted by Crippen LogP contribution is -2.34. The first kappa shape index (κ1) is 17.3. The van der Waals surface area contributed by atoms with Crippen LogP contribution in [0.2, 0.25) is 0 Å². The van der Waals surface area contributed by atoms with Crippen molar-refractivity contribution in [1.29, 1.82) is 0 Å². The lowest BCUT2D eigenvalue weighted by Gasteiger charge is -2.45. The van der Waals surface area contributed by atoms with E-state index >= 15 is 0 Å². The van der Waals surface area contributed by atoms with E-state index in [2.05, 4.69) is 34.7 Å². The van der Waals surface area contributed by atoms with Crippen LogP contribution in [0.5, 0.6) is 0 Å². The zero-order valence-corrected chi connectivity index (χ0v) is 17.9. The molecule has 5 aliphatic carbocycles. The Morgan fingerprint density at radius 3 is 2.40 bits per heavy atom. The first-order valence-electron chi connectivity index (χ1n) is 11.3. The summed E-state index contributed by atoms with van der Waals surface area (Å²) in [5.74, 6) is 6.02. The molecule has 0 radical (unpaired) electrons. The molecule has 0 spiro atoms. The van der Waals surface area contributed by atoms with E-state index in [1.807, 2.05) is 11.1 Å². The summed E-state index contributed by atoms with van der Waals surface area (Å²) in [6.07, 6.45) is 24.8. The van der Waals surface area contributed by atoms with Crippen LogP contribution in [0.4, 0.5) is 0 Å². The van der Waals surface area contributed by atoms with Gasteiger partial charge >= 0.3 is 0 Å². The summed E-state index contributed by atoms with van der Waals surface area (Å²) in [5.41, 5.74) is 3.75. The van der Waals surface area contributed by atoms with Crippen molar-refractivity contribution in [3.63, 3.8) is 0 Å². The summed E-state index contributed by atoms with van der Waals surface area (Å²) in [4.78, 5) is 0. The SMILES string of the molecule is IC1CCC2CC(C3=CC=C4C(CCC5CCCCC45)C3)CCC2C1. The second-order valence-corrected chi connectivity index (χ2v) is 11.7. The van der Waals surface area contributed by atoms with Gasteiger partial charge in [-0.25, -0.2) is 0 Å². The third-order valence-corrected chi connectivity index (χ3v) is 9.87. The molecule has 4 saturated carbocycles. The van der Waals surface area contributed by atoms with Crippen LogP contribution in [0.25, 0.3) is 0 Å². The predicted octanol–water partition coefficient (Wildman–Crippen LogP) is 7.48. The van der Waals surface area contributed by atoms with E-state index in [9.17, 15) is 0 Å². The number of hydrogen-bond donors (Lipinski definition) is 0. The van der Waals surface area contributed by atoms with Gasteiger partial charge in [0, 0.05) is 3.92 Å². The third kappa shape index (κ3) is 3.41. The molecule has 0 amide bonds. The zero-order chi connectivity index (χ0) is 16.8. The van der Waals surface area contributed by atoms with Gasteiger partial charge < -0.3 is 0 Å². The molecule has 7 unspecified atom stereocenters. The molecule has 0 N–H and O–H groups in total. The Kier molecular flexibility index (Phi) is 5.07. The number of fused-ring (bicyclic) bond motifs is 4. The fraction of sp³-hybridized carbons (Fsp3) is 0.833. The maximum atomic E-state index is 2.71. The van der Waals surface area contributed by atoms with E-state index in [0.29, 0.717) is 0 Å². The predicted molar refractivity (Wildman–Crippen MR) is 115 cm³/mol. The zero-order valence-electron chi connectivity index (χ0n) is 15.8. The van der Waals surface area contributed by atoms with Crippen molar-refractivity contribution in [2.45, 2.75) is 87.4 Å². The number of allylic oxidation sites excluding steroid dienone is 4. The maximum Gasteiger partial charge on any atom is 0.0112 e. The molecule has 0 aromatic carbocycles. The molecule has 0 nitrogen and oxygen atoms in total. The number of alkyl halides is 1. The van der Waals surface area contributed by atoms with E-state index in [1.54, 1.807) is 0 Å². The molecule has 0 aromatic rings. The Labute approximate surface area is 168 Å². The van der Waals surface area contributed by atoms with E-state index in [1.165, 1.54) is 83.5 Å². The van der Waals surface area contributed by atoms with Gasteiger partial charge in [0.1, 0.15) is 0 Å². The Morgan fingerprint density at radius 1 is 0.680 bits per heavy atom. The van der Waals surface area contributed by atoms with Gasteiger partial charge in [-0.15, -0.1) is 0 Å². The van der Waals surface area contributed by atoms with Crippen LogP contribution < -0.4 is 0 Å². The molecule has 5 rings (SSSR count). The summed E-state index contributed by atoms with van der Waals surface area (Å²) in [5, 5.41) is 0. The number of rotatable bonds is 1. The molecule has 0 aliphatic heterocycles. The Bertz CT molecular complexity index is 558. The summed E-state index contributed by atoms with van der Waals surface area (Å²) >= 11 is 2.71. The average molecular weight is 450 g/mol. The normalized spacial score (nSPS) is 47.0. The first-order valence-corrected chi connectivity index (χ1v) is 12.6. The number of hydrogen-bond acceptors (Lipinski definition) is 0. The number of halogens is 1. The van der Waals surface area contributed by atoms with Crippen molar-refractivity contribution < 1.29 is 0 Å². The molecular weight excluding hydrogens is 415 g/mol. The van der Waals surface area contributed by atoms with Gasteiger partial charge in [-0.3, -0.25) is 0 Å². The minimum atomic E-state index is 0.933. The van der Waals surface area contributed by atoms with Gasteiger partial charge in [-0.2, -0.15) is 0 Å². The van der Waals surface area contributed by atoms with Crippen LogP contribution >= 0.6 is 22.6 Å². The highest BCUT2D eigenvalue weighted by atomic mass is 127. The van der Waals surface area contributed by atoms with Crippen molar-refractivity contribution in [2.75, 3.05) is 0 Å². The second-order valence-electron chi connectivity index (χ2n) is 9.98. The first-order chi connectivity index (χ1) is 12.3. The van der Waals surface area contributed by atoms with Crippen molar-refractivity contribution in [3.05, 3.63) is 23.3 Å². The van der Waals surface area contributed by atoms with Gasteiger partial charge in [-0.05, 0) is 106 Å². The standard InChI is InChI=1S/C24H35I/c25-22-11-9-18-13-17(6-7-20(18)15-22)19-10-12-24-21(14-19)8-5-16-3-1-2-4-23(16)24/h10,12,16-18,20-23H,1-9,11,13-15H2. The average Bonchev–Trinajstić information content (AvgIpc) is 2.67. The molecule has 25 heavy (non-hydrogen) atoms. The minimum Gasteiger partial charge on any atom is -0.0826 e. The summed E-state index contributed by atoms with van der Waals surface area (Å²) in [6, 6.07) is 0. The van der Waals surface area contributed by atoms with Crippen LogP contribution in [-0.2, 0) is 0 Å². The molecule has 0 saturated heterocycles. The molecule has 0 bridgehead atoms. The van der Waals surface area contributed by atoms with Gasteiger partial charge in [0.25, 0.3) is 0 Å². The van der Waals surface area contributed by atoms with E-state index < -0.39 is 0 Å². The highest BCUT2D eigenvalue weighted by Gasteiger charge is 2.40. The lowest BCUT2D eigenvalue weighted by molar-refractivity contribution is 0.143. The Hall–Kier alpha value is 0.210. The largest absolute Gasteiger partial charge is 0.0826 e. The molecule has 4 fully saturated rings. The fourth-order valence-electron chi connectivity index (χ4n) is 7.38. The topological polar surface area (TPSA) is 0 Å². The maximum absolute atomic E-state index is 2.71. The van der Waals surface area contributed by atoms with Crippen LogP contribution in [0.3, 0.4) is 0 Å². The Balaban J connectivity index is 1.29. The van der Waals surface area contributed by atoms with Crippen LogP contribution in [0.15, 0.2) is 23.3 Å². The van der Waals surface area contributed by atoms with Gasteiger partial charge in [0.15, 0.2) is 0 Å². The summed E-state index contributed by atoms with van der Waals surface area (Å²) in [7, 11) is 0. The molecule has 0 heterocycles. The van der Waals surface area contributed by atoms with Crippen molar-refractivity contribution >= 4 is 22.6 Å². The molecule has 138 valence electrons. The minimum absolute atomic E-state index is 0.933. The smallest absolute Gasteiger partial charge is 0.0112 e. The second kappa shape index (κ2) is 7.32. The van der Waals surface area contributed by atoms with E-state index in [0.717, 1.165) is 39.4 Å². The van der Waals surface area contributed by atoms with E-state index in [-0.39, 0.29) is 0 Å². The molecule has 7 atom stereocenters. The van der Waals surface area contributed by atoms with Gasteiger partial charge in [-0.1, -0.05) is 58.7 Å². The molecule has 5 aliphatic rings. The van der Waals surface area contributed by atoms with E-state index in [4.69, 9.17) is 0 Å². The highest BCUT2D eigenvalue weighted by molar-refractivity contribution is 14.1. The Morgan fingerprint density at radius 2 is 1.44 bits per heavy atom. The van der Waals surface area contributed by atoms with Gasteiger partial charge in [0.05, 0.1) is 0 Å². The fourth-order valence-corrected chi connectivity index (χ4v) is 8.40. The molecule has 1 heteroatoms. The van der Waals surface area contributed by atoms with Crippen molar-refractivity contribution in [2.24, 2.45) is 35.5 Å². The summed E-state index contributed by atoms with van der Waals surface area (Å²) in [6.45, 7) is 0. The van der Waals surface area contributed by atoms with Crippen molar-refractivity contribution in [1.82, 2.24) is 0 Å². The quantitative estimate of drug-likeness (QED) is 0.287. The van der Waals surface area contributed by atoms with Crippen LogP contribution in [0, 0.1) is 35.5 Å². The van der Waals surface area contributed by atoms with Gasteiger partial charge in [0.2, 0.25) is 0 Å². The summed E-state index contributed by atoms with van der Waals surface area (Å²) < 4.78 is 0.973.